The van der Waals surface area contributed by atoms with Crippen LogP contribution in [0.1, 0.15) is 47.2 Å². The molecule has 0 heteroatoms. The summed E-state index contributed by atoms with van der Waals surface area (Å²) in [7, 11) is 0. The van der Waals surface area contributed by atoms with Crippen LogP contribution in [0, 0.1) is 0 Å². The first-order valence-electron chi connectivity index (χ1n) is 21.2. The van der Waals surface area contributed by atoms with Crippen molar-refractivity contribution in [3.05, 3.63) is 252 Å². The van der Waals surface area contributed by atoms with Crippen LogP contribution in [0.5, 0.6) is 0 Å². The van der Waals surface area contributed by atoms with E-state index in [0.717, 1.165) is 0 Å². The van der Waals surface area contributed by atoms with E-state index >= 15 is 0 Å². The molecule has 2 aliphatic carbocycles. The Labute approximate surface area is 352 Å². The van der Waals surface area contributed by atoms with E-state index in [2.05, 4.69) is 232 Å². The Kier molecular flexibility index (Phi) is 7.59. The van der Waals surface area contributed by atoms with Crippen LogP contribution in [0.2, 0.25) is 0 Å². The maximum atomic E-state index is 2.52. The minimum Gasteiger partial charge on any atom is -0.0622 e. The highest BCUT2D eigenvalue weighted by molar-refractivity contribution is 6.22. The SMILES string of the molecule is CC1(C)c2ccccc2-c2cc(-c3c4ccccc4c(-c4ccc5c(c4)C(c4ccccc4)(c4ccccc4)c4ccccc4-5)c4ccc(-c5ccccc5)cc34)ccc21. The van der Waals surface area contributed by atoms with Crippen molar-refractivity contribution in [1.82, 2.24) is 0 Å². The van der Waals surface area contributed by atoms with Crippen LogP contribution in [0.4, 0.5) is 0 Å². The third kappa shape index (κ3) is 4.85. The fourth-order valence-corrected chi connectivity index (χ4v) is 11.1. The summed E-state index contributed by atoms with van der Waals surface area (Å²) in [6.07, 6.45) is 0. The Hall–Kier alpha value is -7.28. The molecule has 60 heavy (non-hydrogen) atoms. The number of fused-ring (bicyclic) bond motifs is 8. The molecule has 0 radical (unpaired) electrons. The van der Waals surface area contributed by atoms with Crippen molar-refractivity contribution < 1.29 is 0 Å². The molecule has 0 amide bonds. The predicted octanol–water partition coefficient (Wildman–Crippen LogP) is 15.7. The number of benzene rings is 10. The van der Waals surface area contributed by atoms with Crippen molar-refractivity contribution in [1.29, 1.82) is 0 Å². The Morgan fingerprint density at radius 2 is 0.733 bits per heavy atom. The van der Waals surface area contributed by atoms with Crippen molar-refractivity contribution in [2.45, 2.75) is 24.7 Å². The van der Waals surface area contributed by atoms with Gasteiger partial charge in [-0.2, -0.15) is 0 Å². The van der Waals surface area contributed by atoms with Crippen molar-refractivity contribution in [3.63, 3.8) is 0 Å². The largest absolute Gasteiger partial charge is 0.0713 e. The summed E-state index contributed by atoms with van der Waals surface area (Å²) in [6.45, 7) is 4.73. The zero-order valence-corrected chi connectivity index (χ0v) is 33.8. The van der Waals surface area contributed by atoms with Crippen LogP contribution < -0.4 is 0 Å². The lowest BCUT2D eigenvalue weighted by Gasteiger charge is -2.34. The smallest absolute Gasteiger partial charge is 0.0622 e. The second-order valence-electron chi connectivity index (χ2n) is 17.1. The molecular weight excluding hydrogens is 721 g/mol. The summed E-state index contributed by atoms with van der Waals surface area (Å²) in [6, 6.07) is 81.9. The summed E-state index contributed by atoms with van der Waals surface area (Å²) in [5.41, 5.74) is 20.2. The highest BCUT2D eigenvalue weighted by Gasteiger charge is 2.46. The lowest BCUT2D eigenvalue weighted by atomic mass is 9.67. The summed E-state index contributed by atoms with van der Waals surface area (Å²) in [4.78, 5) is 0. The molecule has 0 heterocycles. The van der Waals surface area contributed by atoms with Crippen LogP contribution in [-0.4, -0.2) is 0 Å². The van der Waals surface area contributed by atoms with Gasteiger partial charge >= 0.3 is 0 Å². The molecule has 0 aromatic heterocycles. The zero-order chi connectivity index (χ0) is 40.0. The van der Waals surface area contributed by atoms with Gasteiger partial charge < -0.3 is 0 Å². The van der Waals surface area contributed by atoms with Crippen LogP contribution in [0.3, 0.4) is 0 Å². The molecule has 10 aromatic rings. The van der Waals surface area contributed by atoms with E-state index in [1.54, 1.807) is 0 Å². The van der Waals surface area contributed by atoms with Gasteiger partial charge in [0.1, 0.15) is 0 Å². The maximum absolute atomic E-state index is 2.52. The Morgan fingerprint density at radius 3 is 1.42 bits per heavy atom. The molecule has 282 valence electrons. The molecule has 0 atom stereocenters. The van der Waals surface area contributed by atoms with Crippen molar-refractivity contribution in [2.24, 2.45) is 0 Å². The normalized spacial score (nSPS) is 14.1. The van der Waals surface area contributed by atoms with Crippen LogP contribution in [-0.2, 0) is 10.8 Å². The zero-order valence-electron chi connectivity index (χ0n) is 33.8. The van der Waals surface area contributed by atoms with Gasteiger partial charge in [0.2, 0.25) is 0 Å². The molecule has 0 aliphatic heterocycles. The van der Waals surface area contributed by atoms with Gasteiger partial charge in [-0.15, -0.1) is 0 Å². The molecule has 0 bridgehead atoms. The van der Waals surface area contributed by atoms with Gasteiger partial charge in [0.25, 0.3) is 0 Å². The molecule has 2 aliphatic rings. The van der Waals surface area contributed by atoms with Gasteiger partial charge in [-0.25, -0.2) is 0 Å². The standard InChI is InChI=1S/C60H42/c1-59(2)53-28-16-14-25-46(53)51-37-41(32-35-54(51)59)58-49-27-13-12-26-48(49)57(50-34-30-40(36-52(50)58)39-18-6-3-7-19-39)42-31-33-47-45-24-15-17-29-55(45)60(56(47)38-42,43-20-8-4-9-21-43)44-22-10-5-11-23-44/h3-38H,1-2H3. The topological polar surface area (TPSA) is 0 Å². The monoisotopic (exact) mass is 762 g/mol. The molecule has 10 aromatic carbocycles. The molecule has 0 fully saturated rings. The Morgan fingerprint density at radius 1 is 0.267 bits per heavy atom. The first-order valence-corrected chi connectivity index (χ1v) is 21.2. The van der Waals surface area contributed by atoms with Gasteiger partial charge in [0, 0.05) is 5.41 Å². The van der Waals surface area contributed by atoms with Crippen molar-refractivity contribution >= 4 is 21.5 Å². The first kappa shape index (κ1) is 34.7. The molecule has 12 rings (SSSR count). The summed E-state index contributed by atoms with van der Waals surface area (Å²) < 4.78 is 0. The van der Waals surface area contributed by atoms with Crippen LogP contribution in [0.25, 0.3) is 77.2 Å². The van der Waals surface area contributed by atoms with E-state index in [1.165, 1.54) is 111 Å². The molecular formula is C60H42. The van der Waals surface area contributed by atoms with E-state index in [1.807, 2.05) is 0 Å². The van der Waals surface area contributed by atoms with E-state index in [-0.39, 0.29) is 5.41 Å². The minimum absolute atomic E-state index is 0.0547. The molecule has 0 saturated heterocycles. The van der Waals surface area contributed by atoms with Gasteiger partial charge in [-0.3, -0.25) is 0 Å². The second-order valence-corrected chi connectivity index (χ2v) is 17.1. The second kappa shape index (κ2) is 13.1. The van der Waals surface area contributed by atoms with Crippen LogP contribution in [0.15, 0.2) is 218 Å². The summed E-state index contributed by atoms with van der Waals surface area (Å²) in [5, 5.41) is 5.04. The Balaban J connectivity index is 1.17. The third-order valence-electron chi connectivity index (χ3n) is 13.8. The fourth-order valence-electron chi connectivity index (χ4n) is 11.1. The number of hydrogen-bond donors (Lipinski definition) is 0. The summed E-state index contributed by atoms with van der Waals surface area (Å²) in [5.74, 6) is 0. The van der Waals surface area contributed by atoms with Gasteiger partial charge in [-0.1, -0.05) is 214 Å². The van der Waals surface area contributed by atoms with Gasteiger partial charge in [-0.05, 0) is 129 Å². The summed E-state index contributed by atoms with van der Waals surface area (Å²) >= 11 is 0. The molecule has 0 saturated carbocycles. The fraction of sp³-hybridized carbons (Fsp3) is 0.0667. The third-order valence-corrected chi connectivity index (χ3v) is 13.8. The quantitative estimate of drug-likeness (QED) is 0.153. The first-order chi connectivity index (χ1) is 29.5. The van der Waals surface area contributed by atoms with E-state index in [9.17, 15) is 0 Å². The van der Waals surface area contributed by atoms with Crippen LogP contribution >= 0.6 is 0 Å². The predicted molar refractivity (Wildman–Crippen MR) is 253 cm³/mol. The minimum atomic E-state index is -0.481. The lowest BCUT2D eigenvalue weighted by molar-refractivity contribution is 0.660. The van der Waals surface area contributed by atoms with E-state index in [4.69, 9.17) is 0 Å². The van der Waals surface area contributed by atoms with Crippen molar-refractivity contribution in [3.8, 4) is 55.6 Å². The average Bonchev–Trinajstić information content (AvgIpc) is 3.73. The molecule has 0 nitrogen and oxygen atoms in total. The lowest BCUT2D eigenvalue weighted by Crippen LogP contribution is -2.28. The number of hydrogen-bond acceptors (Lipinski definition) is 0. The van der Waals surface area contributed by atoms with Gasteiger partial charge in [0.15, 0.2) is 0 Å². The maximum Gasteiger partial charge on any atom is 0.0713 e. The molecule has 0 unspecified atom stereocenters. The Bertz CT molecular complexity index is 3280. The number of rotatable bonds is 5. The highest BCUT2D eigenvalue weighted by Crippen LogP contribution is 2.58. The molecule has 0 N–H and O–H groups in total. The molecule has 0 spiro atoms. The van der Waals surface area contributed by atoms with E-state index < -0.39 is 5.41 Å². The van der Waals surface area contributed by atoms with E-state index in [0.29, 0.717) is 0 Å². The highest BCUT2D eigenvalue weighted by atomic mass is 14.5. The van der Waals surface area contributed by atoms with Gasteiger partial charge in [0.05, 0.1) is 5.41 Å². The average molecular weight is 763 g/mol. The van der Waals surface area contributed by atoms with Crippen molar-refractivity contribution in [2.75, 3.05) is 0 Å².